The van der Waals surface area contributed by atoms with E-state index in [0.29, 0.717) is 24.5 Å². The number of rotatable bonds is 5. The molecule has 0 bridgehead atoms. The van der Waals surface area contributed by atoms with Crippen molar-refractivity contribution in [2.24, 2.45) is 0 Å². The van der Waals surface area contributed by atoms with Crippen LogP contribution in [0.4, 0.5) is 0 Å². The van der Waals surface area contributed by atoms with Gasteiger partial charge in [0.25, 0.3) is 5.91 Å². The first-order valence-electron chi connectivity index (χ1n) is 8.44. The first kappa shape index (κ1) is 16.5. The molecule has 0 aliphatic heterocycles. The molecule has 1 amide bonds. The van der Waals surface area contributed by atoms with Crippen LogP contribution in [0.3, 0.4) is 0 Å². The minimum absolute atomic E-state index is 0.0197. The van der Waals surface area contributed by atoms with Crippen molar-refractivity contribution >= 4 is 5.91 Å². The van der Waals surface area contributed by atoms with E-state index < -0.39 is 6.10 Å². The molecule has 1 aliphatic rings. The van der Waals surface area contributed by atoms with E-state index >= 15 is 0 Å². The first-order chi connectivity index (χ1) is 12.6. The molecule has 8 heteroatoms. The van der Waals surface area contributed by atoms with Crippen LogP contribution < -0.4 is 5.32 Å². The van der Waals surface area contributed by atoms with Crippen molar-refractivity contribution in [1.82, 2.24) is 20.6 Å². The number of nitrogens with zero attached hydrogens (tertiary/aromatic N) is 3. The number of hydrogen-bond donors (Lipinski definition) is 2. The van der Waals surface area contributed by atoms with Crippen molar-refractivity contribution in [3.8, 4) is 11.3 Å². The molecular weight excluding hydrogens is 336 g/mol. The Hall–Kier alpha value is -3.00. The number of benzene rings is 1. The Bertz CT molecular complexity index is 897. The van der Waals surface area contributed by atoms with Gasteiger partial charge in [-0.15, -0.1) is 0 Å². The average molecular weight is 354 g/mol. The van der Waals surface area contributed by atoms with Crippen LogP contribution in [0.2, 0.25) is 0 Å². The average Bonchev–Trinajstić information content (AvgIpc) is 3.28. The fourth-order valence-electron chi connectivity index (χ4n) is 2.90. The molecule has 2 aromatic heterocycles. The predicted octanol–water partition coefficient (Wildman–Crippen LogP) is 2.45. The number of hydrogen-bond acceptors (Lipinski definition) is 7. The summed E-state index contributed by atoms with van der Waals surface area (Å²) in [6.07, 6.45) is 0.654. The number of amides is 1. The molecule has 0 unspecified atom stereocenters. The number of aliphatic hydroxyl groups is 1. The van der Waals surface area contributed by atoms with Gasteiger partial charge in [0, 0.05) is 23.6 Å². The summed E-state index contributed by atoms with van der Waals surface area (Å²) in [5, 5.41) is 19.9. The Kier molecular flexibility index (Phi) is 4.26. The van der Waals surface area contributed by atoms with E-state index in [0.717, 1.165) is 5.56 Å². The van der Waals surface area contributed by atoms with E-state index in [4.69, 9.17) is 9.05 Å². The zero-order chi connectivity index (χ0) is 18.1. The van der Waals surface area contributed by atoms with Crippen LogP contribution in [0.1, 0.15) is 54.0 Å². The Morgan fingerprint density at radius 2 is 2.00 bits per heavy atom. The highest BCUT2D eigenvalue weighted by Gasteiger charge is 2.36. The molecule has 1 saturated carbocycles. The van der Waals surface area contributed by atoms with Gasteiger partial charge in [0.15, 0.2) is 17.3 Å². The van der Waals surface area contributed by atoms with Crippen LogP contribution in [0, 0.1) is 0 Å². The molecule has 0 spiro atoms. The van der Waals surface area contributed by atoms with E-state index in [9.17, 15) is 9.90 Å². The lowest BCUT2D eigenvalue weighted by Crippen LogP contribution is -2.43. The zero-order valence-electron chi connectivity index (χ0n) is 14.1. The number of aliphatic hydroxyl groups excluding tert-OH is 1. The lowest BCUT2D eigenvalue weighted by molar-refractivity contribution is 0.0892. The highest BCUT2D eigenvalue weighted by molar-refractivity contribution is 5.93. The molecule has 1 fully saturated rings. The summed E-state index contributed by atoms with van der Waals surface area (Å²) < 4.78 is 10.4. The standard InChI is InChI=1S/C18H18N4O4/c1-10(23)16-20-18(26-22-16)12-7-13(8-12)19-17(24)14-9-15(25-21-14)11-5-3-2-4-6-11/h2-6,9-10,12-13,23H,7-8H2,1H3,(H,19,24)/t10-,12?,13?/m0/s1. The van der Waals surface area contributed by atoms with E-state index in [1.54, 1.807) is 13.0 Å². The monoisotopic (exact) mass is 354 g/mol. The van der Waals surface area contributed by atoms with Gasteiger partial charge in [0.05, 0.1) is 0 Å². The molecule has 2 N–H and O–H groups in total. The third-order valence-corrected chi connectivity index (χ3v) is 4.45. The summed E-state index contributed by atoms with van der Waals surface area (Å²) in [6.45, 7) is 1.58. The Labute approximate surface area is 149 Å². The fourth-order valence-corrected chi connectivity index (χ4v) is 2.90. The topological polar surface area (TPSA) is 114 Å². The van der Waals surface area contributed by atoms with Crippen molar-refractivity contribution < 1.29 is 18.9 Å². The largest absolute Gasteiger partial charge is 0.385 e. The number of nitrogens with one attached hydrogen (secondary N) is 1. The third kappa shape index (κ3) is 3.23. The van der Waals surface area contributed by atoms with Crippen LogP contribution >= 0.6 is 0 Å². The highest BCUT2D eigenvalue weighted by atomic mass is 16.5. The smallest absolute Gasteiger partial charge is 0.273 e. The molecule has 3 aromatic rings. The summed E-state index contributed by atoms with van der Waals surface area (Å²) >= 11 is 0. The van der Waals surface area contributed by atoms with Crippen molar-refractivity contribution in [3.63, 3.8) is 0 Å². The molecule has 0 saturated heterocycles. The highest BCUT2D eigenvalue weighted by Crippen LogP contribution is 2.36. The van der Waals surface area contributed by atoms with Gasteiger partial charge in [0.2, 0.25) is 5.89 Å². The van der Waals surface area contributed by atoms with E-state index in [-0.39, 0.29) is 29.4 Å². The Morgan fingerprint density at radius 1 is 1.23 bits per heavy atom. The fraction of sp³-hybridized carbons (Fsp3) is 0.333. The quantitative estimate of drug-likeness (QED) is 0.723. The van der Waals surface area contributed by atoms with Gasteiger partial charge < -0.3 is 19.5 Å². The second kappa shape index (κ2) is 6.72. The van der Waals surface area contributed by atoms with Gasteiger partial charge in [-0.25, -0.2) is 0 Å². The van der Waals surface area contributed by atoms with Gasteiger partial charge in [-0.1, -0.05) is 40.6 Å². The molecule has 1 atom stereocenters. The van der Waals surface area contributed by atoms with Crippen LogP contribution in [-0.4, -0.2) is 32.4 Å². The minimum atomic E-state index is -0.756. The molecule has 1 aromatic carbocycles. The van der Waals surface area contributed by atoms with Gasteiger partial charge in [0.1, 0.15) is 6.10 Å². The molecule has 8 nitrogen and oxygen atoms in total. The first-order valence-corrected chi connectivity index (χ1v) is 8.44. The number of carbonyl (C=O) groups is 1. The number of carbonyl (C=O) groups excluding carboxylic acids is 1. The van der Waals surface area contributed by atoms with Crippen LogP contribution in [0.25, 0.3) is 11.3 Å². The second-order valence-electron chi connectivity index (χ2n) is 6.45. The predicted molar refractivity (Wildman–Crippen MR) is 90.1 cm³/mol. The van der Waals surface area contributed by atoms with E-state index in [1.807, 2.05) is 30.3 Å². The minimum Gasteiger partial charge on any atom is -0.385 e. The van der Waals surface area contributed by atoms with Gasteiger partial charge in [-0.2, -0.15) is 4.98 Å². The molecule has 4 rings (SSSR count). The van der Waals surface area contributed by atoms with Crippen LogP contribution in [0.5, 0.6) is 0 Å². The molecular formula is C18H18N4O4. The Morgan fingerprint density at radius 3 is 2.69 bits per heavy atom. The second-order valence-corrected chi connectivity index (χ2v) is 6.45. The van der Waals surface area contributed by atoms with Crippen molar-refractivity contribution in [2.75, 3.05) is 0 Å². The summed E-state index contributed by atoms with van der Waals surface area (Å²) in [6, 6.07) is 11.1. The van der Waals surface area contributed by atoms with Crippen molar-refractivity contribution in [2.45, 2.75) is 37.8 Å². The van der Waals surface area contributed by atoms with Crippen molar-refractivity contribution in [1.29, 1.82) is 0 Å². The lowest BCUT2D eigenvalue weighted by atomic mass is 9.80. The normalized spacial score (nSPS) is 20.4. The molecule has 26 heavy (non-hydrogen) atoms. The van der Waals surface area contributed by atoms with Gasteiger partial charge in [-0.3, -0.25) is 4.79 Å². The van der Waals surface area contributed by atoms with Crippen molar-refractivity contribution in [3.05, 3.63) is 53.8 Å². The van der Waals surface area contributed by atoms with E-state index in [1.165, 1.54) is 0 Å². The van der Waals surface area contributed by atoms with Crippen LogP contribution in [-0.2, 0) is 0 Å². The summed E-state index contributed by atoms with van der Waals surface area (Å²) in [7, 11) is 0. The van der Waals surface area contributed by atoms with Gasteiger partial charge in [-0.05, 0) is 19.8 Å². The van der Waals surface area contributed by atoms with E-state index in [2.05, 4.69) is 20.6 Å². The van der Waals surface area contributed by atoms with Gasteiger partial charge >= 0.3 is 0 Å². The van der Waals surface area contributed by atoms with Crippen LogP contribution in [0.15, 0.2) is 45.4 Å². The third-order valence-electron chi connectivity index (χ3n) is 4.45. The summed E-state index contributed by atoms with van der Waals surface area (Å²) in [5.74, 6) is 1.16. The molecule has 134 valence electrons. The summed E-state index contributed by atoms with van der Waals surface area (Å²) in [5.41, 5.74) is 1.12. The molecule has 2 heterocycles. The molecule has 0 radical (unpaired) electrons. The lowest BCUT2D eigenvalue weighted by Gasteiger charge is -2.33. The molecule has 1 aliphatic carbocycles. The zero-order valence-corrected chi connectivity index (χ0v) is 14.1. The maximum Gasteiger partial charge on any atom is 0.273 e. The number of aromatic nitrogens is 3. The maximum atomic E-state index is 12.3. The SMILES string of the molecule is C[C@H](O)c1noc(C2CC(NC(=O)c3cc(-c4ccccc4)on3)C2)n1. The Balaban J connectivity index is 1.33. The summed E-state index contributed by atoms with van der Waals surface area (Å²) in [4.78, 5) is 16.5. The maximum absolute atomic E-state index is 12.3.